The molecule has 3 aromatic rings. The molecule has 2 aliphatic rings. The highest BCUT2D eigenvalue weighted by atomic mass is 16.5. The summed E-state index contributed by atoms with van der Waals surface area (Å²) >= 11 is 0. The van der Waals surface area contributed by atoms with Crippen molar-refractivity contribution >= 4 is 11.9 Å². The van der Waals surface area contributed by atoms with Gasteiger partial charge in [-0.1, -0.05) is 56.3 Å². The molecule has 1 atom stereocenters. The second kappa shape index (κ2) is 11.2. The Morgan fingerprint density at radius 1 is 1.00 bits per heavy atom. The molecule has 7 nitrogen and oxygen atoms in total. The molecule has 2 aliphatic heterocycles. The molecule has 194 valence electrons. The first-order chi connectivity index (χ1) is 18.1. The van der Waals surface area contributed by atoms with Gasteiger partial charge >= 0.3 is 0 Å². The largest absolute Gasteiger partial charge is 0.493 e. The number of carbonyl (C=O) groups excluding carboxylic acids is 1. The number of rotatable bonds is 7. The molecular weight excluding hydrogens is 464 g/mol. The number of ether oxygens (including phenoxy) is 2. The minimum absolute atomic E-state index is 0.136. The molecule has 3 heterocycles. The molecule has 0 bridgehead atoms. The van der Waals surface area contributed by atoms with Gasteiger partial charge in [-0.15, -0.1) is 0 Å². The molecule has 0 aliphatic carbocycles. The zero-order valence-corrected chi connectivity index (χ0v) is 22.0. The lowest BCUT2D eigenvalue weighted by atomic mass is 9.94. The van der Waals surface area contributed by atoms with Crippen LogP contribution >= 0.6 is 0 Å². The highest BCUT2D eigenvalue weighted by Gasteiger charge is 2.32. The summed E-state index contributed by atoms with van der Waals surface area (Å²) < 4.78 is 11.9. The van der Waals surface area contributed by atoms with E-state index >= 15 is 0 Å². The predicted molar refractivity (Wildman–Crippen MR) is 144 cm³/mol. The summed E-state index contributed by atoms with van der Waals surface area (Å²) in [6, 6.07) is 17.6. The van der Waals surface area contributed by atoms with Crippen LogP contribution in [0.5, 0.6) is 17.4 Å². The van der Waals surface area contributed by atoms with Gasteiger partial charge in [0, 0.05) is 26.1 Å². The minimum Gasteiger partial charge on any atom is -0.493 e. The van der Waals surface area contributed by atoms with Crippen molar-refractivity contribution in [1.29, 1.82) is 0 Å². The Morgan fingerprint density at radius 2 is 1.70 bits per heavy atom. The number of nitrogens with zero attached hydrogens (tertiary/aromatic N) is 4. The van der Waals surface area contributed by atoms with E-state index in [1.165, 1.54) is 0 Å². The monoisotopic (exact) mass is 500 g/mol. The summed E-state index contributed by atoms with van der Waals surface area (Å²) in [5.74, 6) is 3.15. The summed E-state index contributed by atoms with van der Waals surface area (Å²) in [5.41, 5.74) is 2.89. The maximum absolute atomic E-state index is 13.7. The van der Waals surface area contributed by atoms with E-state index in [1.807, 2.05) is 59.5 Å². The number of carbonyl (C=O) groups is 1. The number of hydrogen-bond donors (Lipinski definition) is 0. The summed E-state index contributed by atoms with van der Waals surface area (Å²) in [7, 11) is 1.63. The van der Waals surface area contributed by atoms with E-state index in [-0.39, 0.29) is 11.8 Å². The summed E-state index contributed by atoms with van der Waals surface area (Å²) in [4.78, 5) is 27.8. The van der Waals surface area contributed by atoms with Crippen molar-refractivity contribution in [3.05, 3.63) is 71.4 Å². The molecule has 7 heteroatoms. The quantitative estimate of drug-likeness (QED) is 0.421. The van der Waals surface area contributed by atoms with Crippen LogP contribution in [-0.2, 0) is 17.8 Å². The lowest BCUT2D eigenvalue weighted by Gasteiger charge is -2.34. The van der Waals surface area contributed by atoms with Crippen LogP contribution in [0, 0.1) is 5.92 Å². The number of amides is 1. The Labute approximate surface area is 219 Å². The van der Waals surface area contributed by atoms with E-state index in [9.17, 15) is 4.79 Å². The third-order valence-electron chi connectivity index (χ3n) is 7.57. The van der Waals surface area contributed by atoms with Crippen molar-refractivity contribution < 1.29 is 14.3 Å². The van der Waals surface area contributed by atoms with Gasteiger partial charge in [-0.05, 0) is 42.9 Å². The lowest BCUT2D eigenvalue weighted by molar-refractivity contribution is -0.133. The minimum atomic E-state index is -0.170. The lowest BCUT2D eigenvalue weighted by Crippen LogP contribution is -2.40. The van der Waals surface area contributed by atoms with Gasteiger partial charge in [0.15, 0.2) is 11.5 Å². The Bertz CT molecular complexity index is 1220. The van der Waals surface area contributed by atoms with Gasteiger partial charge in [-0.25, -0.2) is 4.98 Å². The van der Waals surface area contributed by atoms with Crippen molar-refractivity contribution in [2.75, 3.05) is 31.6 Å². The molecule has 0 saturated carbocycles. The number of fused-ring (bicyclic) bond motifs is 1. The maximum atomic E-state index is 13.7. The normalized spacial score (nSPS) is 16.7. The van der Waals surface area contributed by atoms with Gasteiger partial charge in [0.1, 0.15) is 0 Å². The van der Waals surface area contributed by atoms with E-state index < -0.39 is 0 Å². The molecule has 0 radical (unpaired) electrons. The third-order valence-corrected chi connectivity index (χ3v) is 7.57. The first-order valence-electron chi connectivity index (χ1n) is 13.4. The van der Waals surface area contributed by atoms with Crippen LogP contribution in [-0.4, -0.2) is 47.5 Å². The fourth-order valence-corrected chi connectivity index (χ4v) is 5.26. The van der Waals surface area contributed by atoms with Crippen molar-refractivity contribution in [1.82, 2.24) is 14.9 Å². The maximum Gasteiger partial charge on any atom is 0.230 e. The number of aromatic nitrogens is 2. The first kappa shape index (κ1) is 25.1. The van der Waals surface area contributed by atoms with Gasteiger partial charge in [-0.2, -0.15) is 4.98 Å². The molecule has 0 spiro atoms. The summed E-state index contributed by atoms with van der Waals surface area (Å²) in [6.07, 6.45) is 3.68. The second-order valence-electron chi connectivity index (χ2n) is 10.1. The highest BCUT2D eigenvalue weighted by Crippen LogP contribution is 2.36. The molecule has 37 heavy (non-hydrogen) atoms. The Balaban J connectivity index is 1.48. The molecule has 1 aromatic heterocycles. The molecule has 1 amide bonds. The first-order valence-corrected chi connectivity index (χ1v) is 13.4. The predicted octanol–water partition coefficient (Wildman–Crippen LogP) is 5.59. The molecule has 1 saturated heterocycles. The Morgan fingerprint density at radius 3 is 2.41 bits per heavy atom. The van der Waals surface area contributed by atoms with Gasteiger partial charge < -0.3 is 19.3 Å². The fraction of sp³-hybridized carbons (Fsp3) is 0.433. The third kappa shape index (κ3) is 5.41. The second-order valence-corrected chi connectivity index (χ2v) is 10.1. The Hall–Kier alpha value is -3.61. The number of methoxy groups -OCH3 is 1. The molecule has 0 N–H and O–H groups in total. The van der Waals surface area contributed by atoms with Crippen molar-refractivity contribution in [2.24, 2.45) is 5.92 Å². The van der Waals surface area contributed by atoms with Gasteiger partial charge in [0.25, 0.3) is 0 Å². The van der Waals surface area contributed by atoms with Crippen molar-refractivity contribution in [3.63, 3.8) is 0 Å². The zero-order valence-electron chi connectivity index (χ0n) is 22.0. The van der Waals surface area contributed by atoms with Crippen LogP contribution < -0.4 is 14.4 Å². The summed E-state index contributed by atoms with van der Waals surface area (Å²) in [6.45, 7) is 7.31. The molecule has 2 aromatic carbocycles. The van der Waals surface area contributed by atoms with E-state index in [0.717, 1.165) is 49.2 Å². The fourth-order valence-electron chi connectivity index (χ4n) is 5.26. The standard InChI is InChI=1S/C30H36N4O3/c1-4-23(22-10-6-5-7-11-22)29(35)34-19-16-25-24(20-34)28(37-27-13-9-8-12-26(27)36-3)32-30(31-25)33-17-14-21(2)15-18-33/h5-13,21,23H,4,14-20H2,1-3H3/t23-/m1/s1. The average molecular weight is 501 g/mol. The zero-order chi connectivity index (χ0) is 25.8. The van der Waals surface area contributed by atoms with Gasteiger partial charge in [0.05, 0.1) is 30.8 Å². The van der Waals surface area contributed by atoms with Crippen LogP contribution in [0.1, 0.15) is 55.8 Å². The molecular formula is C30H36N4O3. The van der Waals surface area contributed by atoms with Crippen LogP contribution in [0.3, 0.4) is 0 Å². The topological polar surface area (TPSA) is 67.8 Å². The van der Waals surface area contributed by atoms with Crippen LogP contribution in [0.2, 0.25) is 0 Å². The smallest absolute Gasteiger partial charge is 0.230 e. The van der Waals surface area contributed by atoms with Crippen molar-refractivity contribution in [3.8, 4) is 17.4 Å². The molecule has 5 rings (SSSR count). The highest BCUT2D eigenvalue weighted by molar-refractivity contribution is 5.84. The SMILES string of the molecule is CC[C@@H](C(=O)N1CCc2nc(N3CCC(C)CC3)nc(Oc3ccccc3OC)c2C1)c1ccccc1. The number of para-hydroxylation sites is 2. The number of hydrogen-bond acceptors (Lipinski definition) is 6. The molecule has 0 unspecified atom stereocenters. The van der Waals surface area contributed by atoms with Crippen LogP contribution in [0.15, 0.2) is 54.6 Å². The van der Waals surface area contributed by atoms with Crippen LogP contribution in [0.25, 0.3) is 0 Å². The van der Waals surface area contributed by atoms with Crippen LogP contribution in [0.4, 0.5) is 5.95 Å². The van der Waals surface area contributed by atoms with E-state index in [0.29, 0.717) is 48.8 Å². The van der Waals surface area contributed by atoms with Gasteiger partial charge in [-0.3, -0.25) is 4.79 Å². The average Bonchev–Trinajstić information content (AvgIpc) is 2.94. The van der Waals surface area contributed by atoms with Crippen molar-refractivity contribution in [2.45, 2.75) is 52.0 Å². The molecule has 1 fully saturated rings. The number of benzene rings is 2. The van der Waals surface area contributed by atoms with E-state index in [2.05, 4.69) is 18.7 Å². The van der Waals surface area contributed by atoms with Gasteiger partial charge in [0.2, 0.25) is 17.7 Å². The summed E-state index contributed by atoms with van der Waals surface area (Å²) in [5, 5.41) is 0. The number of piperidine rings is 1. The van der Waals surface area contributed by atoms with E-state index in [1.54, 1.807) is 7.11 Å². The number of anilines is 1. The Kier molecular flexibility index (Phi) is 7.58. The van der Waals surface area contributed by atoms with E-state index in [4.69, 9.17) is 19.4 Å².